The number of halogens is 7. The van der Waals surface area contributed by atoms with Gasteiger partial charge in [-0.2, -0.15) is 30.7 Å². The molecule has 4 rings (SSSR count). The van der Waals surface area contributed by atoms with Gasteiger partial charge in [-0.05, 0) is 62.9 Å². The topological polar surface area (TPSA) is 117 Å². The fourth-order valence-corrected chi connectivity index (χ4v) is 5.26. The van der Waals surface area contributed by atoms with Crippen LogP contribution in [0, 0.1) is 0 Å². The van der Waals surface area contributed by atoms with Crippen LogP contribution < -0.4 is 21.3 Å². The molecule has 15 heteroatoms. The molecule has 0 unspecified atom stereocenters. The van der Waals surface area contributed by atoms with Gasteiger partial charge in [0.25, 0.3) is 11.8 Å². The molecular formula is C26H26F7N5O3. The van der Waals surface area contributed by atoms with Crippen LogP contribution >= 0.6 is 0 Å². The summed E-state index contributed by atoms with van der Waals surface area (Å²) in [6, 6.07) is 6.29. The van der Waals surface area contributed by atoms with E-state index in [0.717, 1.165) is 31.0 Å². The zero-order chi connectivity index (χ0) is 30.3. The zero-order valence-corrected chi connectivity index (χ0v) is 21.6. The first-order valence-corrected chi connectivity index (χ1v) is 12.6. The summed E-state index contributed by atoms with van der Waals surface area (Å²) >= 11 is 0. The smallest absolute Gasteiger partial charge is 0.378 e. The van der Waals surface area contributed by atoms with Gasteiger partial charge in [0, 0.05) is 41.1 Å². The first-order valence-electron chi connectivity index (χ1n) is 12.6. The maximum Gasteiger partial charge on any atom is 0.459 e. The van der Waals surface area contributed by atoms with Gasteiger partial charge in [0.05, 0.1) is 12.1 Å². The van der Waals surface area contributed by atoms with Crippen molar-refractivity contribution < 1.29 is 45.1 Å². The Morgan fingerprint density at radius 2 is 1.59 bits per heavy atom. The molecule has 2 aromatic rings. The minimum Gasteiger partial charge on any atom is -0.378 e. The van der Waals surface area contributed by atoms with Crippen molar-refractivity contribution in [2.24, 2.45) is 5.73 Å². The second-order valence-corrected chi connectivity index (χ2v) is 10.2. The SMILES string of the molecule is CC(=O)c1ccc(N2[C@@H]3CC[C@H]2C[C@@H](NC(=O)c2ccc(C(N)=O)c(NCC(F)(F)C(F)(F)C(F)(F)F)c2)C3)nc1. The molecule has 1 aromatic carbocycles. The van der Waals surface area contributed by atoms with E-state index >= 15 is 0 Å². The van der Waals surface area contributed by atoms with Gasteiger partial charge in [-0.15, -0.1) is 0 Å². The van der Waals surface area contributed by atoms with Crippen LogP contribution in [0.4, 0.5) is 42.2 Å². The number of nitrogens with one attached hydrogen (secondary N) is 2. The highest BCUT2D eigenvalue weighted by Crippen LogP contribution is 2.46. The third-order valence-corrected chi connectivity index (χ3v) is 7.35. The molecule has 0 saturated carbocycles. The van der Waals surface area contributed by atoms with E-state index in [1.54, 1.807) is 17.4 Å². The van der Waals surface area contributed by atoms with Gasteiger partial charge in [-0.25, -0.2) is 4.98 Å². The molecule has 222 valence electrons. The minimum atomic E-state index is -6.52. The van der Waals surface area contributed by atoms with Crippen LogP contribution in [0.25, 0.3) is 0 Å². The van der Waals surface area contributed by atoms with Gasteiger partial charge in [-0.1, -0.05) is 0 Å². The normalized spacial score (nSPS) is 21.0. The molecular weight excluding hydrogens is 563 g/mol. The number of hydrogen-bond acceptors (Lipinski definition) is 6. The number of ketones is 1. The average Bonchev–Trinajstić information content (AvgIpc) is 3.16. The van der Waals surface area contributed by atoms with Crippen LogP contribution in [-0.4, -0.2) is 65.3 Å². The summed E-state index contributed by atoms with van der Waals surface area (Å²) in [5, 5.41) is 4.56. The average molecular weight is 590 g/mol. The number of amides is 2. The number of hydrogen-bond donors (Lipinski definition) is 3. The molecule has 3 heterocycles. The van der Waals surface area contributed by atoms with Gasteiger partial charge in [0.2, 0.25) is 0 Å². The van der Waals surface area contributed by atoms with E-state index in [0.29, 0.717) is 24.2 Å². The number of aromatic nitrogens is 1. The molecule has 4 N–H and O–H groups in total. The molecule has 2 fully saturated rings. The van der Waals surface area contributed by atoms with E-state index in [2.05, 4.69) is 15.2 Å². The molecule has 0 aliphatic carbocycles. The second-order valence-electron chi connectivity index (χ2n) is 10.2. The minimum absolute atomic E-state index is 0.0433. The fourth-order valence-electron chi connectivity index (χ4n) is 5.26. The Morgan fingerprint density at radius 1 is 0.976 bits per heavy atom. The predicted octanol–water partition coefficient (Wildman–Crippen LogP) is 4.56. The monoisotopic (exact) mass is 589 g/mol. The molecule has 0 radical (unpaired) electrons. The maximum absolute atomic E-state index is 13.8. The van der Waals surface area contributed by atoms with E-state index in [1.165, 1.54) is 13.1 Å². The molecule has 2 aliphatic heterocycles. The molecule has 2 bridgehead atoms. The number of piperidine rings is 1. The summed E-state index contributed by atoms with van der Waals surface area (Å²) in [6.45, 7) is -0.745. The van der Waals surface area contributed by atoms with Crippen molar-refractivity contribution in [2.75, 3.05) is 16.8 Å². The molecule has 3 atom stereocenters. The Hall–Kier alpha value is -3.91. The highest BCUT2D eigenvalue weighted by atomic mass is 19.4. The maximum atomic E-state index is 13.8. The number of nitrogens with two attached hydrogens (primary N) is 1. The lowest BCUT2D eigenvalue weighted by Crippen LogP contribution is -2.55. The Bertz CT molecular complexity index is 1320. The Kier molecular flexibility index (Phi) is 7.93. The summed E-state index contributed by atoms with van der Waals surface area (Å²) < 4.78 is 91.7. The highest BCUT2D eigenvalue weighted by Gasteiger charge is 2.72. The van der Waals surface area contributed by atoms with Crippen LogP contribution in [0.1, 0.15) is 63.7 Å². The zero-order valence-electron chi connectivity index (χ0n) is 21.6. The fraction of sp³-hybridized carbons (Fsp3) is 0.462. The molecule has 2 aliphatic rings. The van der Waals surface area contributed by atoms with Crippen molar-refractivity contribution in [3.8, 4) is 0 Å². The first-order chi connectivity index (χ1) is 19.0. The Labute approximate surface area is 229 Å². The molecule has 8 nitrogen and oxygen atoms in total. The number of fused-ring (bicyclic) bond motifs is 2. The largest absolute Gasteiger partial charge is 0.459 e. The van der Waals surface area contributed by atoms with E-state index in [1.807, 2.05) is 0 Å². The number of benzene rings is 1. The lowest BCUT2D eigenvalue weighted by atomic mass is 9.96. The van der Waals surface area contributed by atoms with Gasteiger partial charge >= 0.3 is 18.0 Å². The lowest BCUT2D eigenvalue weighted by molar-refractivity contribution is -0.350. The van der Waals surface area contributed by atoms with Crippen molar-refractivity contribution in [1.29, 1.82) is 0 Å². The number of carbonyl (C=O) groups is 3. The van der Waals surface area contributed by atoms with Crippen LogP contribution in [0.3, 0.4) is 0 Å². The molecule has 1 aromatic heterocycles. The second kappa shape index (κ2) is 10.8. The number of primary amides is 1. The van der Waals surface area contributed by atoms with Crippen LogP contribution in [0.15, 0.2) is 36.5 Å². The van der Waals surface area contributed by atoms with E-state index in [-0.39, 0.29) is 29.5 Å². The molecule has 0 spiro atoms. The third-order valence-electron chi connectivity index (χ3n) is 7.35. The number of carbonyl (C=O) groups excluding carboxylic acids is 3. The van der Waals surface area contributed by atoms with E-state index in [4.69, 9.17) is 5.73 Å². The number of pyridine rings is 1. The number of rotatable bonds is 9. The molecule has 2 amide bonds. The number of Topliss-reactive ketones (excluding diaryl/α,β-unsaturated/α-hetero) is 1. The summed E-state index contributed by atoms with van der Waals surface area (Å²) in [7, 11) is 0. The van der Waals surface area contributed by atoms with Crippen molar-refractivity contribution in [3.05, 3.63) is 53.2 Å². The van der Waals surface area contributed by atoms with Gasteiger partial charge in [0.15, 0.2) is 5.78 Å². The van der Waals surface area contributed by atoms with E-state index in [9.17, 15) is 45.1 Å². The number of nitrogens with zero attached hydrogens (tertiary/aromatic N) is 2. The summed E-state index contributed by atoms with van der Waals surface area (Å²) in [5.74, 6) is -13.2. The summed E-state index contributed by atoms with van der Waals surface area (Å²) in [6.07, 6.45) is -2.25. The Balaban J connectivity index is 1.45. The predicted molar refractivity (Wildman–Crippen MR) is 133 cm³/mol. The van der Waals surface area contributed by atoms with Crippen molar-refractivity contribution in [3.63, 3.8) is 0 Å². The van der Waals surface area contributed by atoms with Crippen LogP contribution in [0.5, 0.6) is 0 Å². The van der Waals surface area contributed by atoms with Crippen LogP contribution in [0.2, 0.25) is 0 Å². The van der Waals surface area contributed by atoms with Crippen LogP contribution in [-0.2, 0) is 0 Å². The third kappa shape index (κ3) is 5.93. The van der Waals surface area contributed by atoms with E-state index < -0.39 is 47.6 Å². The van der Waals surface area contributed by atoms with Crippen molar-refractivity contribution in [2.45, 2.75) is 68.8 Å². The van der Waals surface area contributed by atoms with Gasteiger partial charge < -0.3 is 21.3 Å². The van der Waals surface area contributed by atoms with Gasteiger partial charge in [-0.3, -0.25) is 14.4 Å². The molecule has 2 saturated heterocycles. The van der Waals surface area contributed by atoms with Crippen molar-refractivity contribution in [1.82, 2.24) is 10.3 Å². The van der Waals surface area contributed by atoms with Crippen molar-refractivity contribution >= 4 is 29.1 Å². The summed E-state index contributed by atoms with van der Waals surface area (Å²) in [4.78, 5) is 42.8. The highest BCUT2D eigenvalue weighted by molar-refractivity contribution is 6.02. The first kappa shape index (κ1) is 30.1. The number of anilines is 2. The number of alkyl halides is 7. The quantitative estimate of drug-likeness (QED) is 0.292. The standard InChI is InChI=1S/C26H26F7N5O3/c1-13(39)15-3-7-21(35-11-15)38-17-4-5-18(38)10-16(9-17)37-23(41)14-2-6-19(22(34)40)20(8-14)36-12-24(27,28)25(29,30)26(31,32)33/h2-3,6-8,11,16-18,36H,4-5,9-10,12H2,1H3,(H2,34,40)(H,37,41)/t16-,17+,18-. The summed E-state index contributed by atoms with van der Waals surface area (Å²) in [5.41, 5.74) is 4.43. The lowest BCUT2D eigenvalue weighted by Gasteiger charge is -2.40. The molecule has 41 heavy (non-hydrogen) atoms. The van der Waals surface area contributed by atoms with Gasteiger partial charge in [0.1, 0.15) is 5.82 Å². The Morgan fingerprint density at radius 3 is 2.10 bits per heavy atom.